The van der Waals surface area contributed by atoms with E-state index in [-0.39, 0.29) is 0 Å². The molecule has 0 aliphatic heterocycles. The first-order valence-electron chi connectivity index (χ1n) is 6.03. The first-order chi connectivity index (χ1) is 6.47. The van der Waals surface area contributed by atoms with Crippen LogP contribution in [0.4, 0.5) is 0 Å². The highest BCUT2D eigenvalue weighted by molar-refractivity contribution is 6.77. The topological polar surface area (TPSA) is 38.0 Å². The zero-order valence-corrected chi connectivity index (χ0v) is 11.1. The molecular formula is C11H26N2Si. The van der Waals surface area contributed by atoms with Crippen molar-refractivity contribution in [2.45, 2.75) is 70.5 Å². The molecule has 1 unspecified atom stereocenters. The minimum absolute atomic E-state index is 0.537. The van der Waals surface area contributed by atoms with Gasteiger partial charge < -0.3 is 10.4 Å². The van der Waals surface area contributed by atoms with Crippen molar-refractivity contribution in [3.05, 3.63) is 0 Å². The molecule has 1 aliphatic carbocycles. The standard InChI is InChI=1S/C11H26N2Si/c1-9(2)13-14(12,10(3)4)11-7-5-6-8-11/h9-11,13H,5-8,12H2,1-4H3. The molecule has 1 saturated carbocycles. The molecule has 0 aromatic carbocycles. The van der Waals surface area contributed by atoms with Gasteiger partial charge in [-0.25, -0.2) is 0 Å². The van der Waals surface area contributed by atoms with Crippen LogP contribution in [0.3, 0.4) is 0 Å². The van der Waals surface area contributed by atoms with E-state index in [9.17, 15) is 0 Å². The molecule has 2 nitrogen and oxygen atoms in total. The maximum Gasteiger partial charge on any atom is 0.204 e. The van der Waals surface area contributed by atoms with Crippen LogP contribution in [-0.2, 0) is 0 Å². The van der Waals surface area contributed by atoms with E-state index in [2.05, 4.69) is 32.7 Å². The molecule has 0 amide bonds. The quantitative estimate of drug-likeness (QED) is 0.706. The molecule has 3 heteroatoms. The number of nitrogens with two attached hydrogens (primary N) is 1. The molecule has 0 bridgehead atoms. The fourth-order valence-corrected chi connectivity index (χ4v) is 6.53. The van der Waals surface area contributed by atoms with E-state index in [0.717, 1.165) is 5.54 Å². The smallest absolute Gasteiger partial charge is 0.204 e. The predicted molar refractivity (Wildman–Crippen MR) is 65.5 cm³/mol. The molecule has 0 heterocycles. The molecule has 1 fully saturated rings. The summed E-state index contributed by atoms with van der Waals surface area (Å²) in [4.78, 5) is 3.71. The van der Waals surface area contributed by atoms with Crippen LogP contribution in [-0.4, -0.2) is 14.4 Å². The Labute approximate surface area is 89.8 Å². The van der Waals surface area contributed by atoms with Crippen molar-refractivity contribution in [1.82, 2.24) is 4.98 Å². The summed E-state index contributed by atoms with van der Waals surface area (Å²) in [7, 11) is -1.71. The van der Waals surface area contributed by atoms with Gasteiger partial charge in [0.25, 0.3) is 0 Å². The summed E-state index contributed by atoms with van der Waals surface area (Å²) in [6.07, 6.45) is 5.51. The van der Waals surface area contributed by atoms with Gasteiger partial charge in [0.2, 0.25) is 8.40 Å². The molecule has 84 valence electrons. The van der Waals surface area contributed by atoms with Crippen molar-refractivity contribution >= 4 is 8.40 Å². The van der Waals surface area contributed by atoms with Gasteiger partial charge >= 0.3 is 0 Å². The van der Waals surface area contributed by atoms with Crippen molar-refractivity contribution in [2.75, 3.05) is 0 Å². The monoisotopic (exact) mass is 214 g/mol. The van der Waals surface area contributed by atoms with E-state index in [1.54, 1.807) is 0 Å². The summed E-state index contributed by atoms with van der Waals surface area (Å²) in [5, 5.41) is 6.67. The zero-order chi connectivity index (χ0) is 10.8. The number of hydrogen-bond donors (Lipinski definition) is 2. The van der Waals surface area contributed by atoms with Crippen molar-refractivity contribution in [3.8, 4) is 0 Å². The Morgan fingerprint density at radius 2 is 1.64 bits per heavy atom. The summed E-state index contributed by atoms with van der Waals surface area (Å²) in [6, 6.07) is 0.537. The Morgan fingerprint density at radius 3 is 2.00 bits per heavy atom. The summed E-state index contributed by atoms with van der Waals surface area (Å²) in [5.41, 5.74) is 1.46. The predicted octanol–water partition coefficient (Wildman–Crippen LogP) is 2.74. The van der Waals surface area contributed by atoms with Gasteiger partial charge in [-0.1, -0.05) is 53.4 Å². The van der Waals surface area contributed by atoms with E-state index < -0.39 is 8.40 Å². The molecule has 1 atom stereocenters. The SMILES string of the molecule is CC(C)N[Si](N)(C(C)C)C1CCCC1. The van der Waals surface area contributed by atoms with Crippen molar-refractivity contribution in [3.63, 3.8) is 0 Å². The second-order valence-electron chi connectivity index (χ2n) is 5.37. The van der Waals surface area contributed by atoms with E-state index in [4.69, 9.17) is 5.40 Å². The maximum absolute atomic E-state index is 6.67. The minimum atomic E-state index is -1.71. The Balaban J connectivity index is 2.69. The summed E-state index contributed by atoms with van der Waals surface area (Å²) in [5.74, 6) is 0. The molecule has 0 saturated heterocycles. The van der Waals surface area contributed by atoms with Crippen molar-refractivity contribution in [1.29, 1.82) is 0 Å². The van der Waals surface area contributed by atoms with Crippen molar-refractivity contribution in [2.24, 2.45) is 5.40 Å². The van der Waals surface area contributed by atoms with Gasteiger partial charge in [-0.3, -0.25) is 0 Å². The molecule has 0 radical (unpaired) electrons. The minimum Gasteiger partial charge on any atom is -0.339 e. The molecule has 1 rings (SSSR count). The maximum atomic E-state index is 6.67. The van der Waals surface area contributed by atoms with E-state index in [1.807, 2.05) is 0 Å². The first-order valence-corrected chi connectivity index (χ1v) is 8.26. The van der Waals surface area contributed by atoms with Crippen LogP contribution in [0.1, 0.15) is 53.4 Å². The lowest BCUT2D eigenvalue weighted by atomic mass is 10.4. The lowest BCUT2D eigenvalue weighted by Gasteiger charge is -2.38. The number of hydrogen-bond acceptors (Lipinski definition) is 2. The lowest BCUT2D eigenvalue weighted by molar-refractivity contribution is 0.659. The highest BCUT2D eigenvalue weighted by atomic mass is 28.3. The van der Waals surface area contributed by atoms with Gasteiger partial charge in [-0.05, 0) is 17.1 Å². The zero-order valence-electron chi connectivity index (χ0n) is 10.1. The summed E-state index contributed by atoms with van der Waals surface area (Å²) < 4.78 is 0. The van der Waals surface area contributed by atoms with Gasteiger partial charge in [-0.15, -0.1) is 0 Å². The second kappa shape index (κ2) is 4.77. The number of rotatable bonds is 4. The molecule has 0 aromatic rings. The molecule has 0 aromatic heterocycles. The van der Waals surface area contributed by atoms with Crippen LogP contribution < -0.4 is 10.4 Å². The third kappa shape index (κ3) is 2.58. The van der Waals surface area contributed by atoms with Crippen LogP contribution in [0.2, 0.25) is 11.1 Å². The van der Waals surface area contributed by atoms with Gasteiger partial charge in [-0.2, -0.15) is 0 Å². The highest BCUT2D eigenvalue weighted by Gasteiger charge is 2.42. The third-order valence-corrected chi connectivity index (χ3v) is 8.44. The number of nitrogens with one attached hydrogen (secondary N) is 1. The molecule has 0 spiro atoms. The van der Waals surface area contributed by atoms with Crippen molar-refractivity contribution < 1.29 is 0 Å². The Hall–Kier alpha value is 0.137. The third-order valence-electron chi connectivity index (χ3n) is 3.52. The van der Waals surface area contributed by atoms with Crippen LogP contribution in [0, 0.1) is 0 Å². The van der Waals surface area contributed by atoms with E-state index >= 15 is 0 Å². The van der Waals surface area contributed by atoms with E-state index in [0.29, 0.717) is 11.6 Å². The van der Waals surface area contributed by atoms with Gasteiger partial charge in [0.15, 0.2) is 0 Å². The molecular weight excluding hydrogens is 188 g/mol. The van der Waals surface area contributed by atoms with Gasteiger partial charge in [0, 0.05) is 0 Å². The average molecular weight is 214 g/mol. The largest absolute Gasteiger partial charge is 0.339 e. The fourth-order valence-electron chi connectivity index (χ4n) is 2.66. The van der Waals surface area contributed by atoms with Crippen LogP contribution in [0.25, 0.3) is 0 Å². The summed E-state index contributed by atoms with van der Waals surface area (Å²) in [6.45, 7) is 9.01. The molecule has 14 heavy (non-hydrogen) atoms. The normalized spacial score (nSPS) is 23.4. The van der Waals surface area contributed by atoms with Gasteiger partial charge in [0.1, 0.15) is 0 Å². The fraction of sp³-hybridized carbons (Fsp3) is 1.00. The molecule has 1 aliphatic rings. The lowest BCUT2D eigenvalue weighted by Crippen LogP contribution is -2.66. The Morgan fingerprint density at radius 1 is 1.14 bits per heavy atom. The Kier molecular flexibility index (Phi) is 4.16. The highest BCUT2D eigenvalue weighted by Crippen LogP contribution is 2.39. The van der Waals surface area contributed by atoms with E-state index in [1.165, 1.54) is 25.7 Å². The van der Waals surface area contributed by atoms with Crippen LogP contribution >= 0.6 is 0 Å². The summed E-state index contributed by atoms with van der Waals surface area (Å²) >= 11 is 0. The average Bonchev–Trinajstić information content (AvgIpc) is 2.53. The molecule has 3 N–H and O–H groups in total. The Bertz CT molecular complexity index is 176. The van der Waals surface area contributed by atoms with Gasteiger partial charge in [0.05, 0.1) is 0 Å². The van der Waals surface area contributed by atoms with Crippen LogP contribution in [0.15, 0.2) is 0 Å². The van der Waals surface area contributed by atoms with Crippen LogP contribution in [0.5, 0.6) is 0 Å². The first kappa shape index (κ1) is 12.2. The second-order valence-corrected chi connectivity index (χ2v) is 9.49.